The number of nitrogens with two attached hydrogens (primary N) is 1. The second-order valence-corrected chi connectivity index (χ2v) is 5.51. The lowest BCUT2D eigenvalue weighted by molar-refractivity contribution is -0.147. The number of phenols is 1. The number of hydrogen-bond donors (Lipinski definition) is 3. The van der Waals surface area contributed by atoms with Gasteiger partial charge in [0.1, 0.15) is 6.04 Å². The van der Waals surface area contributed by atoms with Gasteiger partial charge < -0.3 is 25.6 Å². The third-order valence-corrected chi connectivity index (χ3v) is 3.79. The number of phenolic OH excluding ortho intramolecular Hbond substituents is 1. The molecule has 7 nitrogen and oxygen atoms in total. The van der Waals surface area contributed by atoms with E-state index in [-0.39, 0.29) is 18.1 Å². The van der Waals surface area contributed by atoms with Crippen molar-refractivity contribution < 1.29 is 24.2 Å². The monoisotopic (exact) mass is 358 g/mol. The minimum absolute atomic E-state index is 0.151. The Kier molecular flexibility index (Phi) is 6.57. The predicted molar refractivity (Wildman–Crippen MR) is 95.5 cm³/mol. The van der Waals surface area contributed by atoms with Crippen LogP contribution in [0.3, 0.4) is 0 Å². The van der Waals surface area contributed by atoms with Crippen LogP contribution in [0, 0.1) is 0 Å². The molecule has 2 aromatic rings. The zero-order valence-electron chi connectivity index (χ0n) is 14.6. The van der Waals surface area contributed by atoms with E-state index in [0.29, 0.717) is 11.1 Å². The van der Waals surface area contributed by atoms with E-state index in [0.717, 1.165) is 0 Å². The molecule has 0 unspecified atom stereocenters. The summed E-state index contributed by atoms with van der Waals surface area (Å²) in [6.45, 7) is 1.82. The molecule has 0 aliphatic heterocycles. The van der Waals surface area contributed by atoms with Crippen LogP contribution in [0.1, 0.15) is 30.1 Å². The fourth-order valence-electron chi connectivity index (χ4n) is 2.43. The van der Waals surface area contributed by atoms with Crippen molar-refractivity contribution in [1.29, 1.82) is 0 Å². The first-order valence-corrected chi connectivity index (χ1v) is 8.12. The standard InChI is InChI=1S/C19H22N2O5/c1-3-26-19(24)17(13-9-10-15(25-2)14(22)11-13)21-18(23)16(20)12-7-5-4-6-8-12/h4-11,16-17,22H,3,20H2,1-2H3,(H,21,23)/t16-,17+/m0/s1. The molecule has 0 bridgehead atoms. The highest BCUT2D eigenvalue weighted by molar-refractivity contribution is 5.89. The van der Waals surface area contributed by atoms with Gasteiger partial charge in [0, 0.05) is 0 Å². The molecule has 0 saturated heterocycles. The Labute approximate surface area is 151 Å². The molecule has 2 rings (SSSR count). The van der Waals surface area contributed by atoms with Gasteiger partial charge >= 0.3 is 5.97 Å². The molecule has 0 heterocycles. The summed E-state index contributed by atoms with van der Waals surface area (Å²) in [6, 6.07) is 11.2. The van der Waals surface area contributed by atoms with Crippen LogP contribution in [0.2, 0.25) is 0 Å². The lowest BCUT2D eigenvalue weighted by Gasteiger charge is -2.21. The van der Waals surface area contributed by atoms with Crippen LogP contribution < -0.4 is 15.8 Å². The third kappa shape index (κ3) is 4.52. The lowest BCUT2D eigenvalue weighted by Crippen LogP contribution is -2.40. The first kappa shape index (κ1) is 19.3. The van der Waals surface area contributed by atoms with E-state index < -0.39 is 24.0 Å². The predicted octanol–water partition coefficient (Wildman–Crippen LogP) is 1.82. The second-order valence-electron chi connectivity index (χ2n) is 5.51. The van der Waals surface area contributed by atoms with Crippen molar-refractivity contribution in [3.05, 3.63) is 59.7 Å². The Hall–Kier alpha value is -3.06. The summed E-state index contributed by atoms with van der Waals surface area (Å²) in [6.07, 6.45) is 0. The van der Waals surface area contributed by atoms with Gasteiger partial charge in [-0.15, -0.1) is 0 Å². The number of esters is 1. The molecule has 0 saturated carbocycles. The first-order chi connectivity index (χ1) is 12.5. The van der Waals surface area contributed by atoms with Gasteiger partial charge in [-0.3, -0.25) is 4.79 Å². The topological polar surface area (TPSA) is 111 Å². The summed E-state index contributed by atoms with van der Waals surface area (Å²) in [5.74, 6) is -1.08. The van der Waals surface area contributed by atoms with Gasteiger partial charge in [-0.1, -0.05) is 36.4 Å². The molecule has 0 spiro atoms. The van der Waals surface area contributed by atoms with E-state index in [4.69, 9.17) is 15.2 Å². The molecule has 7 heteroatoms. The second kappa shape index (κ2) is 8.87. The van der Waals surface area contributed by atoms with Crippen molar-refractivity contribution in [2.45, 2.75) is 19.0 Å². The Bertz CT molecular complexity index is 764. The van der Waals surface area contributed by atoms with Crippen molar-refractivity contribution in [3.8, 4) is 11.5 Å². The highest BCUT2D eigenvalue weighted by atomic mass is 16.5. The maximum absolute atomic E-state index is 12.5. The van der Waals surface area contributed by atoms with Crippen molar-refractivity contribution >= 4 is 11.9 Å². The third-order valence-electron chi connectivity index (χ3n) is 3.79. The van der Waals surface area contributed by atoms with Crippen molar-refractivity contribution in [2.75, 3.05) is 13.7 Å². The van der Waals surface area contributed by atoms with Gasteiger partial charge in [-0.25, -0.2) is 4.79 Å². The Morgan fingerprint density at radius 3 is 2.42 bits per heavy atom. The number of hydrogen-bond acceptors (Lipinski definition) is 6. The quantitative estimate of drug-likeness (QED) is 0.651. The summed E-state index contributed by atoms with van der Waals surface area (Å²) < 4.78 is 10.0. The SMILES string of the molecule is CCOC(=O)[C@H](NC(=O)[C@@H](N)c1ccccc1)c1ccc(OC)c(O)c1. The molecular weight excluding hydrogens is 336 g/mol. The fourth-order valence-corrected chi connectivity index (χ4v) is 2.43. The number of nitrogens with one attached hydrogen (secondary N) is 1. The molecule has 0 radical (unpaired) electrons. The summed E-state index contributed by atoms with van der Waals surface area (Å²) >= 11 is 0. The molecule has 0 aliphatic carbocycles. The number of carbonyl (C=O) groups is 2. The molecule has 0 fully saturated rings. The van der Waals surface area contributed by atoms with Crippen molar-refractivity contribution in [1.82, 2.24) is 5.32 Å². The summed E-state index contributed by atoms with van der Waals surface area (Å²) in [4.78, 5) is 24.8. The zero-order valence-corrected chi connectivity index (χ0v) is 14.6. The maximum atomic E-state index is 12.5. The molecular formula is C19H22N2O5. The van der Waals surface area contributed by atoms with Crippen molar-refractivity contribution in [2.24, 2.45) is 5.73 Å². The van der Waals surface area contributed by atoms with Gasteiger partial charge in [-0.2, -0.15) is 0 Å². The first-order valence-electron chi connectivity index (χ1n) is 8.12. The van der Waals surface area contributed by atoms with Crippen LogP contribution >= 0.6 is 0 Å². The molecule has 1 amide bonds. The number of benzene rings is 2. The molecule has 0 aromatic heterocycles. The van der Waals surface area contributed by atoms with Crippen LogP contribution in [-0.2, 0) is 14.3 Å². The van der Waals surface area contributed by atoms with E-state index in [1.165, 1.54) is 19.2 Å². The van der Waals surface area contributed by atoms with Crippen LogP contribution in [0.5, 0.6) is 11.5 Å². The summed E-state index contributed by atoms with van der Waals surface area (Å²) in [7, 11) is 1.41. The molecule has 138 valence electrons. The van der Waals surface area contributed by atoms with Gasteiger partial charge in [-0.05, 0) is 30.2 Å². The minimum atomic E-state index is -1.10. The average Bonchev–Trinajstić information content (AvgIpc) is 2.66. The molecule has 26 heavy (non-hydrogen) atoms. The van der Waals surface area contributed by atoms with Crippen LogP contribution in [0.15, 0.2) is 48.5 Å². The molecule has 2 aromatic carbocycles. The maximum Gasteiger partial charge on any atom is 0.333 e. The van der Waals surface area contributed by atoms with Crippen LogP contribution in [0.25, 0.3) is 0 Å². The highest BCUT2D eigenvalue weighted by Gasteiger charge is 2.27. The van der Waals surface area contributed by atoms with Gasteiger partial charge in [0.25, 0.3) is 0 Å². The number of ether oxygens (including phenoxy) is 2. The number of amides is 1. The van der Waals surface area contributed by atoms with E-state index in [2.05, 4.69) is 5.32 Å². The fraction of sp³-hybridized carbons (Fsp3) is 0.263. The average molecular weight is 358 g/mol. The zero-order chi connectivity index (χ0) is 19.1. The number of methoxy groups -OCH3 is 1. The van der Waals surface area contributed by atoms with Gasteiger partial charge in [0.05, 0.1) is 13.7 Å². The molecule has 2 atom stereocenters. The normalized spacial score (nSPS) is 12.7. The van der Waals surface area contributed by atoms with Gasteiger partial charge in [0.2, 0.25) is 5.91 Å². The van der Waals surface area contributed by atoms with Crippen molar-refractivity contribution in [3.63, 3.8) is 0 Å². The summed E-state index contributed by atoms with van der Waals surface area (Å²) in [5, 5.41) is 12.5. The van der Waals surface area contributed by atoms with Crippen LogP contribution in [-0.4, -0.2) is 30.7 Å². The Morgan fingerprint density at radius 1 is 1.15 bits per heavy atom. The summed E-state index contributed by atoms with van der Waals surface area (Å²) in [5.41, 5.74) is 6.95. The Balaban J connectivity index is 2.26. The number of rotatable bonds is 7. The minimum Gasteiger partial charge on any atom is -0.504 e. The van der Waals surface area contributed by atoms with E-state index in [1.54, 1.807) is 37.3 Å². The highest BCUT2D eigenvalue weighted by Crippen LogP contribution is 2.29. The molecule has 0 aliphatic rings. The van der Waals surface area contributed by atoms with E-state index in [1.807, 2.05) is 6.07 Å². The number of carbonyl (C=O) groups excluding carboxylic acids is 2. The molecule has 4 N–H and O–H groups in total. The number of aromatic hydroxyl groups is 1. The smallest absolute Gasteiger partial charge is 0.333 e. The lowest BCUT2D eigenvalue weighted by atomic mass is 10.0. The largest absolute Gasteiger partial charge is 0.504 e. The van der Waals surface area contributed by atoms with E-state index in [9.17, 15) is 14.7 Å². The van der Waals surface area contributed by atoms with Gasteiger partial charge in [0.15, 0.2) is 17.5 Å². The van der Waals surface area contributed by atoms with E-state index >= 15 is 0 Å². The van der Waals surface area contributed by atoms with Crippen LogP contribution in [0.4, 0.5) is 0 Å². The Morgan fingerprint density at radius 2 is 1.85 bits per heavy atom.